The van der Waals surface area contributed by atoms with Crippen LogP contribution < -0.4 is 10.0 Å². The van der Waals surface area contributed by atoms with E-state index in [-0.39, 0.29) is 22.0 Å². The van der Waals surface area contributed by atoms with Gasteiger partial charge in [-0.1, -0.05) is 47.5 Å². The van der Waals surface area contributed by atoms with Crippen molar-refractivity contribution < 1.29 is 23.4 Å². The molecule has 4 N–H and O–H groups in total. The quantitative estimate of drug-likeness (QED) is 0.536. The molecule has 0 radical (unpaired) electrons. The third-order valence-corrected chi connectivity index (χ3v) is 6.25. The van der Waals surface area contributed by atoms with Crippen molar-refractivity contribution in [3.05, 3.63) is 63.6 Å². The molecule has 27 heavy (non-hydrogen) atoms. The third-order valence-electron chi connectivity index (χ3n) is 4.02. The lowest BCUT2D eigenvalue weighted by molar-refractivity contribution is 0.138. The number of hydrogen-bond acceptors (Lipinski definition) is 4. The van der Waals surface area contributed by atoms with Crippen LogP contribution in [0.1, 0.15) is 23.1 Å². The average Bonchev–Trinajstić information content (AvgIpc) is 2.64. The van der Waals surface area contributed by atoms with Crippen LogP contribution in [-0.4, -0.2) is 38.3 Å². The summed E-state index contributed by atoms with van der Waals surface area (Å²) in [7, 11) is -2.56. The van der Waals surface area contributed by atoms with E-state index < -0.39 is 28.1 Å². The highest BCUT2D eigenvalue weighted by molar-refractivity contribution is 7.89. The van der Waals surface area contributed by atoms with Crippen LogP contribution >= 0.6 is 23.2 Å². The zero-order valence-electron chi connectivity index (χ0n) is 14.2. The molecule has 2 rings (SSSR count). The van der Waals surface area contributed by atoms with Crippen molar-refractivity contribution in [1.82, 2.24) is 10.0 Å². The summed E-state index contributed by atoms with van der Waals surface area (Å²) in [5, 5.41) is 22.6. The molecule has 1 amide bonds. The number of sulfonamides is 1. The van der Waals surface area contributed by atoms with Gasteiger partial charge in [-0.2, -0.15) is 0 Å². The van der Waals surface area contributed by atoms with E-state index in [0.717, 1.165) is 0 Å². The highest BCUT2D eigenvalue weighted by Gasteiger charge is 2.29. The fraction of sp³-hybridized carbons (Fsp3) is 0.235. The molecule has 146 valence electrons. The highest BCUT2D eigenvalue weighted by Crippen LogP contribution is 2.36. The van der Waals surface area contributed by atoms with E-state index in [9.17, 15) is 18.3 Å². The molecule has 0 aliphatic heterocycles. The van der Waals surface area contributed by atoms with Crippen molar-refractivity contribution >= 4 is 39.3 Å². The van der Waals surface area contributed by atoms with Crippen LogP contribution in [0.2, 0.25) is 10.0 Å². The second-order valence-electron chi connectivity index (χ2n) is 5.66. The average molecular weight is 433 g/mol. The molecular weight excluding hydrogens is 415 g/mol. The van der Waals surface area contributed by atoms with E-state index in [1.165, 1.54) is 37.4 Å². The van der Waals surface area contributed by atoms with Gasteiger partial charge in [0, 0.05) is 18.0 Å². The van der Waals surface area contributed by atoms with Crippen LogP contribution in [0.3, 0.4) is 0 Å². The molecule has 0 aromatic heterocycles. The third kappa shape index (κ3) is 5.12. The minimum atomic E-state index is -3.83. The number of amides is 1. The monoisotopic (exact) mass is 432 g/mol. The second kappa shape index (κ2) is 8.90. The van der Waals surface area contributed by atoms with Gasteiger partial charge in [-0.05, 0) is 30.8 Å². The van der Waals surface area contributed by atoms with Crippen LogP contribution in [0.15, 0.2) is 47.4 Å². The van der Waals surface area contributed by atoms with Crippen molar-refractivity contribution in [3.63, 3.8) is 0 Å². The standard InChI is InChI=1S/C17H18Cl2N2O5S/c1-20-27(25,26)15-5-3-2-4-11(15)16(22)12(9-21-17(23)24)10-6-7-13(18)14(19)8-10/h2-8,12,16,20-22H,9H2,1H3,(H,23,24). The summed E-state index contributed by atoms with van der Waals surface area (Å²) in [5.74, 6) is -0.802. The first-order valence-corrected chi connectivity index (χ1v) is 10.0. The topological polar surface area (TPSA) is 116 Å². The Hall–Kier alpha value is -1.84. The maximum Gasteiger partial charge on any atom is 0.404 e. The molecule has 2 atom stereocenters. The zero-order valence-corrected chi connectivity index (χ0v) is 16.5. The number of halogens is 2. The molecule has 0 spiro atoms. The first-order chi connectivity index (χ1) is 12.7. The summed E-state index contributed by atoms with van der Waals surface area (Å²) >= 11 is 12.0. The number of rotatable bonds is 7. The molecule has 0 heterocycles. The smallest absolute Gasteiger partial charge is 0.404 e. The van der Waals surface area contributed by atoms with Gasteiger partial charge in [0.1, 0.15) is 0 Å². The largest absolute Gasteiger partial charge is 0.465 e. The van der Waals surface area contributed by atoms with Gasteiger partial charge in [-0.3, -0.25) is 0 Å². The van der Waals surface area contributed by atoms with E-state index in [4.69, 9.17) is 28.3 Å². The molecule has 0 aliphatic rings. The summed E-state index contributed by atoms with van der Waals surface area (Å²) in [4.78, 5) is 10.8. The number of hydrogen-bond donors (Lipinski definition) is 4. The van der Waals surface area contributed by atoms with Gasteiger partial charge in [0.05, 0.1) is 21.0 Å². The predicted molar refractivity (Wildman–Crippen MR) is 103 cm³/mol. The summed E-state index contributed by atoms with van der Waals surface area (Å²) in [6.45, 7) is -0.164. The fourth-order valence-corrected chi connectivity index (χ4v) is 3.93. The van der Waals surface area contributed by atoms with Gasteiger partial charge in [0.15, 0.2) is 0 Å². The number of carbonyl (C=O) groups is 1. The molecule has 2 aromatic carbocycles. The predicted octanol–water partition coefficient (Wildman–Crippen LogP) is 2.99. The van der Waals surface area contributed by atoms with Crippen molar-refractivity contribution in [3.8, 4) is 0 Å². The minimum Gasteiger partial charge on any atom is -0.465 e. The molecule has 10 heteroatoms. The van der Waals surface area contributed by atoms with E-state index in [2.05, 4.69) is 10.0 Å². The summed E-state index contributed by atoms with van der Waals surface area (Å²) < 4.78 is 26.8. The fourth-order valence-electron chi connectivity index (χ4n) is 2.65. The van der Waals surface area contributed by atoms with Crippen LogP contribution in [0.4, 0.5) is 4.79 Å². The summed E-state index contributed by atoms with van der Waals surface area (Å²) in [6, 6.07) is 10.6. The lowest BCUT2D eigenvalue weighted by Crippen LogP contribution is -2.30. The Morgan fingerprint density at radius 1 is 1.15 bits per heavy atom. The Labute approximate surface area is 167 Å². The molecule has 0 fully saturated rings. The lowest BCUT2D eigenvalue weighted by Gasteiger charge is -2.25. The van der Waals surface area contributed by atoms with Gasteiger partial charge in [-0.15, -0.1) is 0 Å². The molecule has 0 bridgehead atoms. The van der Waals surface area contributed by atoms with E-state index >= 15 is 0 Å². The molecule has 2 aromatic rings. The summed E-state index contributed by atoms with van der Waals surface area (Å²) in [6.07, 6.45) is -2.60. The maximum absolute atomic E-state index is 12.3. The first kappa shape index (κ1) is 21.5. The van der Waals surface area contributed by atoms with Gasteiger partial charge in [-0.25, -0.2) is 17.9 Å². The molecular formula is C17H18Cl2N2O5S. The van der Waals surface area contributed by atoms with Gasteiger partial charge in [0.2, 0.25) is 10.0 Å². The molecule has 0 saturated carbocycles. The Kier molecular flexibility index (Phi) is 7.07. The van der Waals surface area contributed by atoms with Gasteiger partial charge in [0.25, 0.3) is 0 Å². The van der Waals surface area contributed by atoms with Gasteiger partial charge < -0.3 is 15.5 Å². The first-order valence-electron chi connectivity index (χ1n) is 7.79. The number of aliphatic hydroxyl groups excluding tert-OH is 1. The SMILES string of the molecule is CNS(=O)(=O)c1ccccc1C(O)C(CNC(=O)O)c1ccc(Cl)c(Cl)c1. The normalized spacial score (nSPS) is 13.8. The number of nitrogens with one attached hydrogen (secondary N) is 2. The molecule has 7 nitrogen and oxygen atoms in total. The Morgan fingerprint density at radius 2 is 1.81 bits per heavy atom. The Bertz CT molecular complexity index is 937. The lowest BCUT2D eigenvalue weighted by atomic mass is 9.89. The van der Waals surface area contributed by atoms with Crippen molar-refractivity contribution in [2.45, 2.75) is 16.9 Å². The highest BCUT2D eigenvalue weighted by atomic mass is 35.5. The molecule has 0 aliphatic carbocycles. The van der Waals surface area contributed by atoms with Crippen LogP contribution in [0.25, 0.3) is 0 Å². The summed E-state index contributed by atoms with van der Waals surface area (Å²) in [5.41, 5.74) is 0.636. The van der Waals surface area contributed by atoms with Crippen molar-refractivity contribution in [1.29, 1.82) is 0 Å². The van der Waals surface area contributed by atoms with Crippen molar-refractivity contribution in [2.24, 2.45) is 0 Å². The number of benzene rings is 2. The second-order valence-corrected chi connectivity index (χ2v) is 8.33. The van der Waals surface area contributed by atoms with Crippen LogP contribution in [0, 0.1) is 0 Å². The van der Waals surface area contributed by atoms with E-state index in [1.807, 2.05) is 0 Å². The van der Waals surface area contributed by atoms with Gasteiger partial charge >= 0.3 is 6.09 Å². The van der Waals surface area contributed by atoms with Crippen LogP contribution in [-0.2, 0) is 10.0 Å². The van der Waals surface area contributed by atoms with E-state index in [1.54, 1.807) is 12.1 Å². The minimum absolute atomic E-state index is 0.0969. The number of aliphatic hydroxyl groups is 1. The molecule has 0 saturated heterocycles. The van der Waals surface area contributed by atoms with Crippen molar-refractivity contribution in [2.75, 3.05) is 13.6 Å². The van der Waals surface area contributed by atoms with Crippen LogP contribution in [0.5, 0.6) is 0 Å². The molecule has 2 unspecified atom stereocenters. The number of carboxylic acid groups (broad SMARTS) is 1. The Balaban J connectivity index is 2.53. The van der Waals surface area contributed by atoms with E-state index in [0.29, 0.717) is 10.6 Å². The Morgan fingerprint density at radius 3 is 2.41 bits per heavy atom. The zero-order chi connectivity index (χ0) is 20.2. The maximum atomic E-state index is 12.3.